The predicted molar refractivity (Wildman–Crippen MR) is 134 cm³/mol. The average molecular weight is 575 g/mol. The van der Waals surface area contributed by atoms with Crippen LogP contribution in [0.2, 0.25) is 0 Å². The summed E-state index contributed by atoms with van der Waals surface area (Å²) >= 11 is 12.6. The Bertz CT molecular complexity index is 927. The summed E-state index contributed by atoms with van der Waals surface area (Å²) in [6, 6.07) is 13.9. The molecule has 1 heterocycles. The first kappa shape index (κ1) is 27.2. The van der Waals surface area contributed by atoms with Crippen molar-refractivity contribution in [3.8, 4) is 16.3 Å². The SMILES string of the molecule is Nc1ccc(-c2nc3ccc(OCCCN(CC[S-])CC[N-]CC[S-])cc3s2)cc1.[O]=[99Tc+4]. The van der Waals surface area contributed by atoms with Crippen molar-refractivity contribution in [3.05, 3.63) is 47.8 Å². The monoisotopic (exact) mass is 574 g/mol. The van der Waals surface area contributed by atoms with Gasteiger partial charge in [0.1, 0.15) is 10.8 Å². The van der Waals surface area contributed by atoms with Gasteiger partial charge in [-0.3, -0.25) is 0 Å². The Kier molecular flexibility index (Phi) is 13.4. The number of benzene rings is 2. The standard InChI is InChI=1S/C22H29N4OS3.O.Tc/c23-18-4-2-17(3-5-18)22-25-20-7-6-19(16-21(20)30-22)27-13-1-10-26(12-15-29)11-8-24-9-14-28;;/h2-7,16,28-29H,1,8-15,23H2;;/q-1;;+4/p-2/i;;1+1. The maximum absolute atomic E-state index is 8.22. The molecule has 2 N–H and O–H groups in total. The van der Waals surface area contributed by atoms with E-state index in [1.54, 1.807) is 11.3 Å². The number of fused-ring (bicyclic) bond motifs is 1. The van der Waals surface area contributed by atoms with Gasteiger partial charge in [0.25, 0.3) is 0 Å². The van der Waals surface area contributed by atoms with Gasteiger partial charge >= 0.3 is 22.4 Å². The van der Waals surface area contributed by atoms with Gasteiger partial charge in [-0.1, -0.05) is 0 Å². The van der Waals surface area contributed by atoms with Crippen molar-refractivity contribution in [2.45, 2.75) is 6.42 Å². The molecule has 1 aromatic heterocycles. The van der Waals surface area contributed by atoms with Crippen LogP contribution in [-0.2, 0) is 47.6 Å². The van der Waals surface area contributed by atoms with E-state index in [9.17, 15) is 0 Å². The summed E-state index contributed by atoms with van der Waals surface area (Å²) in [5.41, 5.74) is 8.60. The molecule has 0 spiro atoms. The van der Waals surface area contributed by atoms with Crippen LogP contribution in [0.4, 0.5) is 5.69 Å². The number of hydrogen-bond acceptors (Lipinski definition) is 8. The Hall–Kier alpha value is -1.00. The van der Waals surface area contributed by atoms with Crippen molar-refractivity contribution in [2.24, 2.45) is 0 Å². The van der Waals surface area contributed by atoms with Gasteiger partial charge in [0.2, 0.25) is 0 Å². The number of nitrogens with two attached hydrogens (primary N) is 1. The zero-order valence-electron chi connectivity index (χ0n) is 17.7. The molecular formula is C22H27N4O2S3Tc+. The van der Waals surface area contributed by atoms with Gasteiger partial charge in [0.05, 0.1) is 16.8 Å². The summed E-state index contributed by atoms with van der Waals surface area (Å²) in [6.45, 7) is 5.08. The van der Waals surface area contributed by atoms with Crippen LogP contribution >= 0.6 is 11.3 Å². The zero-order chi connectivity index (χ0) is 23.2. The van der Waals surface area contributed by atoms with E-state index >= 15 is 0 Å². The van der Waals surface area contributed by atoms with Crippen LogP contribution < -0.4 is 10.5 Å². The van der Waals surface area contributed by atoms with Gasteiger partial charge in [-0.25, -0.2) is 4.98 Å². The fourth-order valence-corrected chi connectivity index (χ4v) is 4.46. The van der Waals surface area contributed by atoms with Crippen molar-refractivity contribution in [3.63, 3.8) is 0 Å². The van der Waals surface area contributed by atoms with Crippen LogP contribution in [0.3, 0.4) is 0 Å². The van der Waals surface area contributed by atoms with Crippen molar-refractivity contribution in [1.82, 2.24) is 9.88 Å². The summed E-state index contributed by atoms with van der Waals surface area (Å²) < 4.78 is 15.3. The molecule has 0 unspecified atom stereocenters. The fourth-order valence-electron chi connectivity index (χ4n) is 3.08. The summed E-state index contributed by atoms with van der Waals surface area (Å²) in [5.74, 6) is 2.31. The molecule has 0 saturated heterocycles. The summed E-state index contributed by atoms with van der Waals surface area (Å²) in [6.07, 6.45) is 0.952. The molecule has 10 heteroatoms. The molecular weight excluding hydrogens is 547 g/mol. The molecule has 0 aliphatic rings. The number of rotatable bonds is 13. The third kappa shape index (κ3) is 9.09. The third-order valence-electron chi connectivity index (χ3n) is 4.64. The number of hydrogen-bond donors (Lipinski definition) is 1. The molecule has 2 aromatic carbocycles. The first-order chi connectivity index (χ1) is 15.7. The number of aromatic nitrogens is 1. The second-order valence-electron chi connectivity index (χ2n) is 6.89. The molecule has 0 aliphatic carbocycles. The Morgan fingerprint density at radius 2 is 1.81 bits per heavy atom. The minimum absolute atomic E-state index is 0.673. The normalized spacial score (nSPS) is 10.9. The molecule has 171 valence electrons. The molecule has 0 fully saturated rings. The second kappa shape index (κ2) is 15.8. The van der Waals surface area contributed by atoms with Gasteiger partial charge in [0, 0.05) is 17.8 Å². The Balaban J connectivity index is 0.00000176. The predicted octanol–water partition coefficient (Wildman–Crippen LogP) is 3.96. The van der Waals surface area contributed by atoms with Crippen molar-refractivity contribution >= 4 is 52.5 Å². The number of nitrogens with zero attached hydrogens (tertiary/aromatic N) is 3. The fraction of sp³-hybridized carbons (Fsp3) is 0.409. The summed E-state index contributed by atoms with van der Waals surface area (Å²) in [7, 11) is 0. The van der Waals surface area contributed by atoms with E-state index in [1.807, 2.05) is 36.4 Å². The number of nitrogen functional groups attached to an aromatic ring is 1. The molecule has 32 heavy (non-hydrogen) atoms. The molecule has 0 amide bonds. The number of anilines is 1. The van der Waals surface area contributed by atoms with Crippen LogP contribution in [0.25, 0.3) is 26.1 Å². The van der Waals surface area contributed by atoms with Gasteiger partial charge in [-0.05, 0) is 62.0 Å². The molecule has 3 aromatic rings. The Morgan fingerprint density at radius 1 is 1.03 bits per heavy atom. The second-order valence-corrected chi connectivity index (χ2v) is 8.74. The van der Waals surface area contributed by atoms with Crippen LogP contribution in [0.5, 0.6) is 5.75 Å². The molecule has 0 bridgehead atoms. The van der Waals surface area contributed by atoms with Crippen LogP contribution in [0.15, 0.2) is 42.5 Å². The molecule has 3 rings (SSSR count). The van der Waals surface area contributed by atoms with Crippen molar-refractivity contribution in [2.75, 3.05) is 56.6 Å². The van der Waals surface area contributed by atoms with E-state index in [1.165, 1.54) is 0 Å². The van der Waals surface area contributed by atoms with Gasteiger partial charge in [0.15, 0.2) is 0 Å². The van der Waals surface area contributed by atoms with Crippen LogP contribution in [0.1, 0.15) is 6.42 Å². The first-order valence-corrected chi connectivity index (χ1v) is 13.0. The average Bonchev–Trinajstić information content (AvgIpc) is 3.24. The minimum atomic E-state index is 0.673. The van der Waals surface area contributed by atoms with E-state index in [0.717, 1.165) is 96.0 Å². The first-order valence-electron chi connectivity index (χ1n) is 10.3. The van der Waals surface area contributed by atoms with E-state index < -0.39 is 0 Å². The molecule has 0 atom stereocenters. The quantitative estimate of drug-likeness (QED) is 0.188. The van der Waals surface area contributed by atoms with E-state index in [2.05, 4.69) is 16.3 Å². The van der Waals surface area contributed by atoms with Crippen molar-refractivity contribution < 1.29 is 27.1 Å². The molecule has 0 aliphatic heterocycles. The summed E-state index contributed by atoms with van der Waals surface area (Å²) in [4.78, 5) is 7.08. The van der Waals surface area contributed by atoms with Crippen LogP contribution in [0, 0.1) is 0 Å². The van der Waals surface area contributed by atoms with Gasteiger partial charge in [-0.15, -0.1) is 17.9 Å². The number of ether oxygens (including phenoxy) is 1. The summed E-state index contributed by atoms with van der Waals surface area (Å²) in [5, 5.41) is 5.41. The number of thiazole rings is 1. The Morgan fingerprint density at radius 3 is 2.53 bits per heavy atom. The molecule has 0 radical (unpaired) electrons. The van der Waals surface area contributed by atoms with E-state index in [4.69, 9.17) is 44.2 Å². The maximum atomic E-state index is 8.22. The van der Waals surface area contributed by atoms with Gasteiger partial charge in [-0.2, -0.15) is 18.1 Å². The molecule has 0 saturated carbocycles. The zero-order valence-corrected chi connectivity index (χ0v) is 22.1. The third-order valence-corrected chi connectivity index (χ3v) is 6.07. The van der Waals surface area contributed by atoms with E-state index in [-0.39, 0.29) is 0 Å². The van der Waals surface area contributed by atoms with E-state index in [0.29, 0.717) is 12.4 Å². The van der Waals surface area contributed by atoms with Gasteiger partial charge < -0.3 is 45.9 Å². The topological polar surface area (TPSA) is 82.6 Å². The Labute approximate surface area is 215 Å². The van der Waals surface area contributed by atoms with Crippen molar-refractivity contribution in [1.29, 1.82) is 0 Å². The molecule has 6 nitrogen and oxygen atoms in total. The van der Waals surface area contributed by atoms with Crippen LogP contribution in [-0.4, -0.2) is 60.7 Å².